The zero-order valence-corrected chi connectivity index (χ0v) is 11.5. The van der Waals surface area contributed by atoms with Gasteiger partial charge in [0.2, 0.25) is 0 Å². The molecule has 0 aromatic heterocycles. The number of nitrogens with one attached hydrogen (secondary N) is 1. The van der Waals surface area contributed by atoms with Crippen LogP contribution in [0.2, 0.25) is 10.0 Å². The van der Waals surface area contributed by atoms with E-state index < -0.39 is 0 Å². The fourth-order valence-electron chi connectivity index (χ4n) is 1.73. The van der Waals surface area contributed by atoms with Crippen molar-refractivity contribution in [2.75, 3.05) is 24.5 Å². The Bertz CT molecular complexity index is 509. The van der Waals surface area contributed by atoms with Gasteiger partial charge in [0.1, 0.15) is 0 Å². The van der Waals surface area contributed by atoms with Gasteiger partial charge in [0.05, 0.1) is 28.8 Å². The van der Waals surface area contributed by atoms with Gasteiger partial charge < -0.3 is 5.32 Å². The van der Waals surface area contributed by atoms with E-state index in [2.05, 4.69) is 22.2 Å². The summed E-state index contributed by atoms with van der Waals surface area (Å²) in [5.41, 5.74) is 0.747. The van der Waals surface area contributed by atoms with Crippen LogP contribution in [0.3, 0.4) is 0 Å². The van der Waals surface area contributed by atoms with Crippen LogP contribution < -0.4 is 10.2 Å². The molecule has 0 atom stereocenters. The van der Waals surface area contributed by atoms with Crippen molar-refractivity contribution < 1.29 is 0 Å². The molecule has 1 aliphatic rings. The van der Waals surface area contributed by atoms with Crippen LogP contribution in [0.15, 0.2) is 23.2 Å². The summed E-state index contributed by atoms with van der Waals surface area (Å²) in [6.07, 6.45) is 0. The molecule has 1 heterocycles. The maximum Gasteiger partial charge on any atom is 0.199 e. The molecule has 0 fully saturated rings. The highest BCUT2D eigenvalue weighted by Gasteiger charge is 2.20. The minimum absolute atomic E-state index is 0.506. The van der Waals surface area contributed by atoms with E-state index >= 15 is 0 Å². The Morgan fingerprint density at radius 1 is 1.39 bits per heavy atom. The Labute approximate surface area is 117 Å². The quantitative estimate of drug-likeness (QED) is 0.845. The molecule has 0 aliphatic carbocycles. The Morgan fingerprint density at radius 2 is 2.11 bits per heavy atom. The molecule has 1 N–H and O–H groups in total. The van der Waals surface area contributed by atoms with Gasteiger partial charge in [-0.05, 0) is 19.1 Å². The molecule has 0 spiro atoms. The molecule has 0 amide bonds. The smallest absolute Gasteiger partial charge is 0.199 e. The molecule has 0 saturated carbocycles. The summed E-state index contributed by atoms with van der Waals surface area (Å²) >= 11 is 12.4. The lowest BCUT2D eigenvalue weighted by Gasteiger charge is -2.24. The largest absolute Gasteiger partial charge is 0.354 e. The average molecular weight is 282 g/mol. The topological polar surface area (TPSA) is 27.6 Å². The third-order valence-electron chi connectivity index (χ3n) is 2.53. The molecule has 0 saturated heterocycles. The van der Waals surface area contributed by atoms with Crippen LogP contribution in [0, 0.1) is 11.8 Å². The highest BCUT2D eigenvalue weighted by molar-refractivity contribution is 6.40. The van der Waals surface area contributed by atoms with Crippen molar-refractivity contribution in [2.45, 2.75) is 6.92 Å². The standard InChI is InChI=1S/C13H13Cl2N3/c1-2-3-9-18(13-16-7-8-17-13)12-10(14)5-4-6-11(12)15/h4-6H,7-9H2,1H3,(H,16,17). The van der Waals surface area contributed by atoms with E-state index in [-0.39, 0.29) is 0 Å². The molecule has 2 rings (SSSR count). The highest BCUT2D eigenvalue weighted by atomic mass is 35.5. The van der Waals surface area contributed by atoms with Crippen molar-refractivity contribution in [3.05, 3.63) is 28.2 Å². The Kier molecular flexibility index (Phi) is 4.35. The van der Waals surface area contributed by atoms with E-state index in [0.717, 1.165) is 24.7 Å². The molecule has 3 nitrogen and oxygen atoms in total. The van der Waals surface area contributed by atoms with Gasteiger partial charge in [-0.1, -0.05) is 35.2 Å². The number of nitrogens with zero attached hydrogens (tertiary/aromatic N) is 2. The van der Waals surface area contributed by atoms with Crippen molar-refractivity contribution >= 4 is 34.8 Å². The van der Waals surface area contributed by atoms with E-state index in [9.17, 15) is 0 Å². The van der Waals surface area contributed by atoms with E-state index in [1.807, 2.05) is 23.1 Å². The fraction of sp³-hybridized carbons (Fsp3) is 0.308. The van der Waals surface area contributed by atoms with E-state index in [1.165, 1.54) is 0 Å². The zero-order valence-electron chi connectivity index (χ0n) is 10.0. The summed E-state index contributed by atoms with van der Waals surface area (Å²) < 4.78 is 0. The second-order valence-electron chi connectivity index (χ2n) is 3.72. The molecule has 0 unspecified atom stereocenters. The summed E-state index contributed by atoms with van der Waals surface area (Å²) in [4.78, 5) is 6.30. The molecule has 1 aromatic carbocycles. The lowest BCUT2D eigenvalue weighted by Crippen LogP contribution is -2.39. The third kappa shape index (κ3) is 2.72. The molecule has 5 heteroatoms. The van der Waals surface area contributed by atoms with Crippen LogP contribution in [0.5, 0.6) is 0 Å². The van der Waals surface area contributed by atoms with Crippen LogP contribution in [-0.4, -0.2) is 25.6 Å². The minimum atomic E-state index is 0.506. The van der Waals surface area contributed by atoms with Crippen LogP contribution in [-0.2, 0) is 0 Å². The van der Waals surface area contributed by atoms with Gasteiger partial charge in [-0.25, -0.2) is 0 Å². The van der Waals surface area contributed by atoms with E-state index in [1.54, 1.807) is 6.92 Å². The first-order chi connectivity index (χ1) is 8.74. The second-order valence-corrected chi connectivity index (χ2v) is 4.53. The molecule has 1 aliphatic heterocycles. The summed E-state index contributed by atoms with van der Waals surface area (Å²) in [5, 5.41) is 4.40. The third-order valence-corrected chi connectivity index (χ3v) is 3.14. The minimum Gasteiger partial charge on any atom is -0.354 e. The number of para-hydroxylation sites is 1. The van der Waals surface area contributed by atoms with Gasteiger partial charge in [-0.3, -0.25) is 9.89 Å². The SMILES string of the molecule is CC#CCN(C1=NCCN1)c1c(Cl)cccc1Cl. The highest BCUT2D eigenvalue weighted by Crippen LogP contribution is 2.33. The first kappa shape index (κ1) is 13.1. The Balaban J connectivity index is 2.41. The summed E-state index contributed by atoms with van der Waals surface area (Å²) in [7, 11) is 0. The molecule has 0 bridgehead atoms. The predicted molar refractivity (Wildman–Crippen MR) is 77.6 cm³/mol. The molecular formula is C13H13Cl2N3. The van der Waals surface area contributed by atoms with Crippen molar-refractivity contribution in [1.82, 2.24) is 5.32 Å². The number of halogens is 2. The maximum atomic E-state index is 6.22. The number of aliphatic imine (C=N–C) groups is 1. The summed E-state index contributed by atoms with van der Waals surface area (Å²) in [6, 6.07) is 5.44. The number of anilines is 1. The lowest BCUT2D eigenvalue weighted by molar-refractivity contribution is 0.947. The maximum absolute atomic E-state index is 6.22. The molecule has 18 heavy (non-hydrogen) atoms. The first-order valence-electron chi connectivity index (χ1n) is 5.63. The number of hydrogen-bond donors (Lipinski definition) is 1. The average Bonchev–Trinajstić information content (AvgIpc) is 2.86. The Morgan fingerprint density at radius 3 is 2.67 bits per heavy atom. The van der Waals surface area contributed by atoms with Gasteiger partial charge in [0.25, 0.3) is 0 Å². The van der Waals surface area contributed by atoms with Crippen LogP contribution in [0.1, 0.15) is 6.92 Å². The number of guanidine groups is 1. The van der Waals surface area contributed by atoms with Crippen molar-refractivity contribution in [2.24, 2.45) is 4.99 Å². The zero-order chi connectivity index (χ0) is 13.0. The molecule has 1 aromatic rings. The molecule has 0 radical (unpaired) electrons. The molecule has 94 valence electrons. The monoisotopic (exact) mass is 281 g/mol. The number of rotatable bonds is 2. The van der Waals surface area contributed by atoms with Crippen LogP contribution >= 0.6 is 23.2 Å². The van der Waals surface area contributed by atoms with Crippen LogP contribution in [0.25, 0.3) is 0 Å². The summed E-state index contributed by atoms with van der Waals surface area (Å²) in [5.74, 6) is 6.66. The van der Waals surface area contributed by atoms with Crippen LogP contribution in [0.4, 0.5) is 5.69 Å². The van der Waals surface area contributed by atoms with Crippen molar-refractivity contribution in [1.29, 1.82) is 0 Å². The van der Waals surface area contributed by atoms with Gasteiger partial charge in [-0.2, -0.15) is 0 Å². The van der Waals surface area contributed by atoms with Crippen molar-refractivity contribution in [3.8, 4) is 11.8 Å². The van der Waals surface area contributed by atoms with Crippen molar-refractivity contribution in [3.63, 3.8) is 0 Å². The number of hydrogen-bond acceptors (Lipinski definition) is 3. The van der Waals surface area contributed by atoms with Gasteiger partial charge >= 0.3 is 0 Å². The van der Waals surface area contributed by atoms with Gasteiger partial charge in [0.15, 0.2) is 5.96 Å². The van der Waals surface area contributed by atoms with E-state index in [4.69, 9.17) is 23.2 Å². The fourth-order valence-corrected chi connectivity index (χ4v) is 2.33. The predicted octanol–water partition coefficient (Wildman–Crippen LogP) is 2.78. The number of benzene rings is 1. The Hall–Kier alpha value is -1.37. The van der Waals surface area contributed by atoms with E-state index in [0.29, 0.717) is 16.6 Å². The first-order valence-corrected chi connectivity index (χ1v) is 6.39. The normalized spacial score (nSPS) is 13.4. The lowest BCUT2D eigenvalue weighted by atomic mass is 10.3. The second kappa shape index (κ2) is 5.99. The molecular weight excluding hydrogens is 269 g/mol. The van der Waals surface area contributed by atoms with Gasteiger partial charge in [-0.15, -0.1) is 5.92 Å². The van der Waals surface area contributed by atoms with Gasteiger partial charge in [0, 0.05) is 6.54 Å². The summed E-state index contributed by atoms with van der Waals surface area (Å²) in [6.45, 7) is 3.89.